The molecule has 5 aromatic rings. The van der Waals surface area contributed by atoms with Gasteiger partial charge in [0.1, 0.15) is 5.76 Å². The van der Waals surface area contributed by atoms with E-state index in [9.17, 15) is 9.90 Å². The molecule has 0 bridgehead atoms. The van der Waals surface area contributed by atoms with E-state index >= 15 is 0 Å². The van der Waals surface area contributed by atoms with E-state index in [0.717, 1.165) is 29.5 Å². The molecule has 1 N–H and O–H groups in total. The number of carbonyl (C=O) groups excluding carboxylic acids is 1. The molecule has 46 heavy (non-hydrogen) atoms. The van der Waals surface area contributed by atoms with Crippen molar-refractivity contribution < 1.29 is 30.0 Å². The summed E-state index contributed by atoms with van der Waals surface area (Å²) in [5.41, 5.74) is 4.12. The molecule has 0 unspecified atom stereocenters. The number of ketones is 1. The minimum Gasteiger partial charge on any atom is -0.512 e. The molecule has 4 heteroatoms. The maximum Gasteiger partial charge on any atom is 0.164 e. The third-order valence-corrected chi connectivity index (χ3v) is 9.52. The van der Waals surface area contributed by atoms with E-state index in [-0.39, 0.29) is 42.5 Å². The molecule has 245 valence electrons. The molecule has 0 atom stereocenters. The first-order valence-corrected chi connectivity index (χ1v) is 16.4. The Balaban J connectivity index is 0.000000309. The number of hydrogen-bond donors (Lipinski definition) is 1. The van der Waals surface area contributed by atoms with Crippen LogP contribution in [0.2, 0.25) is 0 Å². The number of aliphatic hydroxyl groups excluding tert-OH is 1. The van der Waals surface area contributed by atoms with Crippen molar-refractivity contribution in [2.24, 2.45) is 10.8 Å². The van der Waals surface area contributed by atoms with E-state index in [2.05, 4.69) is 100 Å². The summed E-state index contributed by atoms with van der Waals surface area (Å²) in [5.74, 6) is 1.12. The van der Waals surface area contributed by atoms with Crippen LogP contribution in [-0.2, 0) is 24.9 Å². The van der Waals surface area contributed by atoms with Gasteiger partial charge in [-0.25, -0.2) is 0 Å². The zero-order valence-corrected chi connectivity index (χ0v) is 31.6. The molecule has 0 spiro atoms. The van der Waals surface area contributed by atoms with Gasteiger partial charge in [0.25, 0.3) is 0 Å². The van der Waals surface area contributed by atoms with E-state index in [0.29, 0.717) is 11.8 Å². The summed E-state index contributed by atoms with van der Waals surface area (Å²) < 4.78 is 0. The Morgan fingerprint density at radius 3 is 2.13 bits per heavy atom. The molecule has 4 aromatic carbocycles. The first-order valence-electron chi connectivity index (χ1n) is 16.4. The molecule has 0 amide bonds. The Morgan fingerprint density at radius 1 is 0.826 bits per heavy atom. The zero-order valence-electron chi connectivity index (χ0n) is 29.2. The number of benzene rings is 4. The third-order valence-electron chi connectivity index (χ3n) is 9.52. The second kappa shape index (κ2) is 15.1. The number of hydrogen-bond acceptors (Lipinski definition) is 3. The van der Waals surface area contributed by atoms with Crippen molar-refractivity contribution in [1.29, 1.82) is 0 Å². The van der Waals surface area contributed by atoms with Gasteiger partial charge in [-0.1, -0.05) is 129 Å². The predicted molar refractivity (Wildman–Crippen MR) is 193 cm³/mol. The molecule has 0 aliphatic rings. The summed E-state index contributed by atoms with van der Waals surface area (Å²) in [6, 6.07) is 27.9. The molecule has 1 aromatic heterocycles. The van der Waals surface area contributed by atoms with Crippen molar-refractivity contribution in [3.63, 3.8) is 0 Å². The molecule has 0 saturated carbocycles. The molecule has 1 heterocycles. The van der Waals surface area contributed by atoms with Crippen molar-refractivity contribution in [2.75, 3.05) is 0 Å². The number of allylic oxidation sites excluding steroid dienone is 2. The predicted octanol–water partition coefficient (Wildman–Crippen LogP) is 12.1. The number of fused-ring (bicyclic) bond motifs is 4. The van der Waals surface area contributed by atoms with Crippen LogP contribution < -0.4 is 0 Å². The number of carbonyl (C=O) groups is 1. The minimum absolute atomic E-state index is 0. The fourth-order valence-electron chi connectivity index (χ4n) is 5.32. The van der Waals surface area contributed by atoms with Gasteiger partial charge in [-0.2, -0.15) is 0 Å². The van der Waals surface area contributed by atoms with Gasteiger partial charge in [0, 0.05) is 48.9 Å². The van der Waals surface area contributed by atoms with Gasteiger partial charge in [-0.05, 0) is 57.9 Å². The number of aromatic nitrogens is 1. The SMILES string of the molecule is CC(C)c1ccc2c(-c3[c-]c4ccc5ccccc5c4c(C(C)C)c3)nccc2c1.CCC(C)(C)C(=O)/C=C(\O)C(C)(C)CC.[Ir]. The molecule has 0 aliphatic carbocycles. The first-order chi connectivity index (χ1) is 21.2. The van der Waals surface area contributed by atoms with Gasteiger partial charge in [0.05, 0.1) is 0 Å². The van der Waals surface area contributed by atoms with E-state index in [1.54, 1.807) is 0 Å². The fourth-order valence-corrected chi connectivity index (χ4v) is 5.32. The van der Waals surface area contributed by atoms with Crippen LogP contribution in [0.3, 0.4) is 0 Å². The van der Waals surface area contributed by atoms with Crippen molar-refractivity contribution in [3.05, 3.63) is 102 Å². The van der Waals surface area contributed by atoms with Crippen molar-refractivity contribution in [3.8, 4) is 11.3 Å². The van der Waals surface area contributed by atoms with E-state index in [1.165, 1.54) is 44.1 Å². The Labute approximate surface area is 289 Å². The molecule has 0 aliphatic heterocycles. The molecule has 0 fully saturated rings. The summed E-state index contributed by atoms with van der Waals surface area (Å²) in [7, 11) is 0. The largest absolute Gasteiger partial charge is 0.512 e. The number of nitrogens with zero attached hydrogens (tertiary/aromatic N) is 1. The average molecular weight is 793 g/mol. The van der Waals surface area contributed by atoms with Gasteiger partial charge in [-0.3, -0.25) is 9.78 Å². The zero-order chi connectivity index (χ0) is 33.1. The number of rotatable bonds is 8. The van der Waals surface area contributed by atoms with Crippen LogP contribution in [0.5, 0.6) is 0 Å². The van der Waals surface area contributed by atoms with Crippen LogP contribution in [0.1, 0.15) is 105 Å². The summed E-state index contributed by atoms with van der Waals surface area (Å²) in [4.78, 5) is 16.6. The van der Waals surface area contributed by atoms with Crippen LogP contribution in [-0.4, -0.2) is 15.9 Å². The molecular formula is C42H50IrNO2-. The van der Waals surface area contributed by atoms with Gasteiger partial charge >= 0.3 is 0 Å². The van der Waals surface area contributed by atoms with Crippen molar-refractivity contribution in [2.45, 2.75) is 93.9 Å². The second-order valence-corrected chi connectivity index (χ2v) is 14.2. The average Bonchev–Trinajstić information content (AvgIpc) is 3.03. The number of pyridine rings is 1. The quantitative estimate of drug-likeness (QED) is 0.0737. The molecule has 1 radical (unpaired) electrons. The first kappa shape index (κ1) is 37.1. The van der Waals surface area contributed by atoms with E-state index in [1.807, 2.05) is 47.7 Å². The van der Waals surface area contributed by atoms with Gasteiger partial charge in [0.2, 0.25) is 0 Å². The Morgan fingerprint density at radius 2 is 1.50 bits per heavy atom. The Bertz CT molecular complexity index is 1860. The maximum atomic E-state index is 11.8. The molecule has 0 saturated heterocycles. The Hall–Kier alpha value is -3.33. The van der Waals surface area contributed by atoms with Crippen LogP contribution in [0.4, 0.5) is 0 Å². The molecule has 3 nitrogen and oxygen atoms in total. The topological polar surface area (TPSA) is 50.2 Å². The molecule has 5 rings (SSSR count). The van der Waals surface area contributed by atoms with Crippen molar-refractivity contribution >= 4 is 38.1 Å². The summed E-state index contributed by atoms with van der Waals surface area (Å²) >= 11 is 0. The van der Waals surface area contributed by atoms with Crippen LogP contribution in [0.15, 0.2) is 84.8 Å². The molecular weight excluding hydrogens is 743 g/mol. The standard InChI is InChI=1S/C29H26N.C13H24O2.Ir/c1-18(2)21-11-12-26-22(15-21)13-14-30-29(26)24-16-23-10-9-20-7-5-6-8-25(20)28(23)27(17-24)19(3)4;1-7-12(3,4)10(14)9-11(15)13(5,6)8-2;/h5-15,17-19H,1-4H3;9,14H,7-8H2,1-6H3;/q-1;;/b;10-9-;. The van der Waals surface area contributed by atoms with Crippen LogP contribution >= 0.6 is 0 Å². The minimum atomic E-state index is -0.377. The summed E-state index contributed by atoms with van der Waals surface area (Å²) in [6.45, 7) is 20.7. The smallest absolute Gasteiger partial charge is 0.164 e. The van der Waals surface area contributed by atoms with Crippen LogP contribution in [0, 0.1) is 16.9 Å². The van der Waals surface area contributed by atoms with Gasteiger partial charge < -0.3 is 5.11 Å². The normalized spacial score (nSPS) is 12.4. The summed E-state index contributed by atoms with van der Waals surface area (Å²) in [6.07, 6.45) is 4.92. The van der Waals surface area contributed by atoms with Gasteiger partial charge in [0.15, 0.2) is 5.78 Å². The maximum absolute atomic E-state index is 11.8. The van der Waals surface area contributed by atoms with Gasteiger partial charge in [-0.15, -0.1) is 29.1 Å². The summed E-state index contributed by atoms with van der Waals surface area (Å²) in [5, 5.41) is 17.3. The Kier molecular flexibility index (Phi) is 12.1. The van der Waals surface area contributed by atoms with Crippen molar-refractivity contribution in [1.82, 2.24) is 4.98 Å². The second-order valence-electron chi connectivity index (χ2n) is 14.2. The van der Waals surface area contributed by atoms with E-state index in [4.69, 9.17) is 4.98 Å². The third kappa shape index (κ3) is 7.96. The monoisotopic (exact) mass is 793 g/mol. The number of aliphatic hydroxyl groups is 1. The fraction of sp³-hybridized carbons (Fsp3) is 0.381. The van der Waals surface area contributed by atoms with Crippen LogP contribution in [0.25, 0.3) is 43.6 Å². The van der Waals surface area contributed by atoms with E-state index < -0.39 is 0 Å².